The first-order valence-electron chi connectivity index (χ1n) is 9.58. The van der Waals surface area contributed by atoms with E-state index < -0.39 is 0 Å². The third-order valence-corrected chi connectivity index (χ3v) is 4.70. The van der Waals surface area contributed by atoms with Crippen LogP contribution in [0.3, 0.4) is 0 Å². The smallest absolute Gasteiger partial charge is 0.132 e. The van der Waals surface area contributed by atoms with Gasteiger partial charge in [0, 0.05) is 39.2 Å². The molecule has 0 aliphatic heterocycles. The molecule has 0 saturated heterocycles. The lowest BCUT2D eigenvalue weighted by Gasteiger charge is -2.23. The normalized spacial score (nSPS) is 12.2. The van der Waals surface area contributed by atoms with Crippen molar-refractivity contribution in [2.75, 3.05) is 13.7 Å². The first kappa shape index (κ1) is 24.0. The van der Waals surface area contributed by atoms with Crippen LogP contribution in [0.5, 0.6) is 0 Å². The molecular weight excluding hydrogens is 316 g/mol. The van der Waals surface area contributed by atoms with Gasteiger partial charge in [-0.3, -0.25) is 9.59 Å². The predicted octanol–water partition coefficient (Wildman–Crippen LogP) is 4.92. The lowest BCUT2D eigenvalue weighted by Crippen LogP contribution is -2.18. The SMILES string of the molecule is COCC(C)(C)CCCC(=O)CCCC(=O)CCCC(C)(C)CC=O. The molecule has 0 aromatic heterocycles. The van der Waals surface area contributed by atoms with Crippen LogP contribution in [-0.2, 0) is 19.1 Å². The highest BCUT2D eigenvalue weighted by atomic mass is 16.5. The lowest BCUT2D eigenvalue weighted by molar-refractivity contribution is -0.120. The van der Waals surface area contributed by atoms with Gasteiger partial charge in [-0.05, 0) is 42.9 Å². The Kier molecular flexibility index (Phi) is 11.8. The van der Waals surface area contributed by atoms with Crippen LogP contribution in [0.15, 0.2) is 0 Å². The van der Waals surface area contributed by atoms with Crippen LogP contribution >= 0.6 is 0 Å². The molecule has 0 bridgehead atoms. The molecule has 0 aliphatic carbocycles. The minimum absolute atomic E-state index is 0.0193. The van der Waals surface area contributed by atoms with Gasteiger partial charge in [-0.25, -0.2) is 0 Å². The fourth-order valence-electron chi connectivity index (χ4n) is 3.05. The van der Waals surface area contributed by atoms with Crippen molar-refractivity contribution in [2.45, 2.75) is 91.9 Å². The first-order valence-corrected chi connectivity index (χ1v) is 9.58. The number of ketones is 2. The van der Waals surface area contributed by atoms with Gasteiger partial charge in [-0.2, -0.15) is 0 Å². The molecule has 0 fully saturated rings. The lowest BCUT2D eigenvalue weighted by atomic mass is 9.84. The highest BCUT2D eigenvalue weighted by molar-refractivity contribution is 5.81. The van der Waals surface area contributed by atoms with Gasteiger partial charge in [0.15, 0.2) is 0 Å². The van der Waals surface area contributed by atoms with Crippen molar-refractivity contribution in [2.24, 2.45) is 10.8 Å². The summed E-state index contributed by atoms with van der Waals surface area (Å²) in [5.74, 6) is 0.490. The van der Waals surface area contributed by atoms with Crippen molar-refractivity contribution in [3.05, 3.63) is 0 Å². The fraction of sp³-hybridized carbons (Fsp3) is 0.857. The molecular formula is C21H38O4. The molecule has 0 aliphatic rings. The number of carbonyl (C=O) groups excluding carboxylic acids is 3. The van der Waals surface area contributed by atoms with Gasteiger partial charge in [-0.1, -0.05) is 27.7 Å². The third kappa shape index (κ3) is 13.9. The molecule has 0 unspecified atom stereocenters. The van der Waals surface area contributed by atoms with Gasteiger partial charge >= 0.3 is 0 Å². The van der Waals surface area contributed by atoms with Gasteiger partial charge in [0.1, 0.15) is 17.9 Å². The number of carbonyl (C=O) groups is 3. The van der Waals surface area contributed by atoms with Crippen molar-refractivity contribution in [1.29, 1.82) is 0 Å². The molecule has 146 valence electrons. The largest absolute Gasteiger partial charge is 0.384 e. The van der Waals surface area contributed by atoms with Gasteiger partial charge in [-0.15, -0.1) is 0 Å². The first-order chi connectivity index (χ1) is 11.6. The van der Waals surface area contributed by atoms with Gasteiger partial charge < -0.3 is 9.53 Å². The zero-order chi connectivity index (χ0) is 19.3. The molecule has 0 aromatic rings. The second-order valence-corrected chi connectivity index (χ2v) is 8.77. The molecule has 0 amide bonds. The van der Waals surface area contributed by atoms with Gasteiger partial charge in [0.25, 0.3) is 0 Å². The van der Waals surface area contributed by atoms with E-state index in [2.05, 4.69) is 27.7 Å². The molecule has 0 spiro atoms. The summed E-state index contributed by atoms with van der Waals surface area (Å²) in [7, 11) is 1.70. The fourth-order valence-corrected chi connectivity index (χ4v) is 3.05. The average molecular weight is 355 g/mol. The number of hydrogen-bond acceptors (Lipinski definition) is 4. The average Bonchev–Trinajstić information content (AvgIpc) is 2.46. The Morgan fingerprint density at radius 2 is 1.24 bits per heavy atom. The van der Waals surface area contributed by atoms with E-state index in [0.717, 1.165) is 32.0 Å². The monoisotopic (exact) mass is 354 g/mol. The summed E-state index contributed by atoms with van der Waals surface area (Å²) in [4.78, 5) is 34.4. The maximum absolute atomic E-state index is 11.9. The Morgan fingerprint density at radius 1 is 0.800 bits per heavy atom. The van der Waals surface area contributed by atoms with Crippen molar-refractivity contribution >= 4 is 17.9 Å². The van der Waals surface area contributed by atoms with E-state index in [1.807, 2.05) is 0 Å². The maximum atomic E-state index is 11.9. The highest BCUT2D eigenvalue weighted by Crippen LogP contribution is 2.26. The van der Waals surface area contributed by atoms with E-state index >= 15 is 0 Å². The molecule has 4 heteroatoms. The predicted molar refractivity (Wildman–Crippen MR) is 102 cm³/mol. The quantitative estimate of drug-likeness (QED) is 0.369. The van der Waals surface area contributed by atoms with E-state index in [1.54, 1.807) is 7.11 Å². The molecule has 25 heavy (non-hydrogen) atoms. The summed E-state index contributed by atoms with van der Waals surface area (Å²) >= 11 is 0. The van der Waals surface area contributed by atoms with Crippen LogP contribution < -0.4 is 0 Å². The minimum Gasteiger partial charge on any atom is -0.384 e. The van der Waals surface area contributed by atoms with E-state index in [-0.39, 0.29) is 22.4 Å². The topological polar surface area (TPSA) is 60.4 Å². The molecule has 0 atom stereocenters. The van der Waals surface area contributed by atoms with Crippen molar-refractivity contribution in [3.8, 4) is 0 Å². The summed E-state index contributed by atoms with van der Waals surface area (Å²) in [6.07, 6.45) is 7.87. The molecule has 0 aromatic carbocycles. The maximum Gasteiger partial charge on any atom is 0.132 e. The van der Waals surface area contributed by atoms with Crippen LogP contribution in [0.2, 0.25) is 0 Å². The number of Topliss-reactive ketones (excluding diaryl/α,β-unsaturated/α-hetero) is 2. The molecule has 4 nitrogen and oxygen atoms in total. The number of hydrogen-bond donors (Lipinski definition) is 0. The number of methoxy groups -OCH3 is 1. The van der Waals surface area contributed by atoms with E-state index in [4.69, 9.17) is 4.74 Å². The Balaban J connectivity index is 3.76. The molecule has 0 radical (unpaired) electrons. The molecule has 0 rings (SSSR count). The summed E-state index contributed by atoms with van der Waals surface area (Å²) in [6.45, 7) is 9.11. The molecule has 0 N–H and O–H groups in total. The van der Waals surface area contributed by atoms with Crippen LogP contribution in [-0.4, -0.2) is 31.6 Å². The number of ether oxygens (including phenoxy) is 1. The third-order valence-electron chi connectivity index (χ3n) is 4.70. The van der Waals surface area contributed by atoms with Crippen molar-refractivity contribution in [1.82, 2.24) is 0 Å². The Hall–Kier alpha value is -1.03. The molecule has 0 heterocycles. The summed E-state index contributed by atoms with van der Waals surface area (Å²) in [5.41, 5.74) is 0.0945. The van der Waals surface area contributed by atoms with E-state index in [0.29, 0.717) is 45.1 Å². The van der Waals surface area contributed by atoms with Crippen LogP contribution in [0.1, 0.15) is 91.9 Å². The van der Waals surface area contributed by atoms with Crippen LogP contribution in [0.4, 0.5) is 0 Å². The highest BCUT2D eigenvalue weighted by Gasteiger charge is 2.18. The van der Waals surface area contributed by atoms with Gasteiger partial charge in [0.2, 0.25) is 0 Å². The zero-order valence-electron chi connectivity index (χ0n) is 17.0. The van der Waals surface area contributed by atoms with Crippen molar-refractivity contribution in [3.63, 3.8) is 0 Å². The second kappa shape index (κ2) is 12.3. The van der Waals surface area contributed by atoms with Crippen molar-refractivity contribution < 1.29 is 19.1 Å². The standard InChI is InChI=1S/C21H38O4/c1-20(2,15-16-22)13-7-11-18(23)9-6-10-19(24)12-8-14-21(3,4)17-25-5/h16H,6-15,17H2,1-5H3. The van der Waals surface area contributed by atoms with Crippen LogP contribution in [0.25, 0.3) is 0 Å². The van der Waals surface area contributed by atoms with Crippen LogP contribution in [0, 0.1) is 10.8 Å². The zero-order valence-corrected chi connectivity index (χ0v) is 17.0. The summed E-state index contributed by atoms with van der Waals surface area (Å²) in [6, 6.07) is 0. The Morgan fingerprint density at radius 3 is 1.68 bits per heavy atom. The minimum atomic E-state index is -0.0193. The van der Waals surface area contributed by atoms with E-state index in [1.165, 1.54) is 0 Å². The second-order valence-electron chi connectivity index (χ2n) is 8.77. The Bertz CT molecular complexity index is 410. The number of rotatable bonds is 16. The van der Waals surface area contributed by atoms with E-state index in [9.17, 15) is 14.4 Å². The Labute approximate surface area is 154 Å². The summed E-state index contributed by atoms with van der Waals surface area (Å²) < 4.78 is 5.18. The number of aldehydes is 1. The summed E-state index contributed by atoms with van der Waals surface area (Å²) in [5, 5.41) is 0. The van der Waals surface area contributed by atoms with Gasteiger partial charge in [0.05, 0.1) is 6.61 Å². The molecule has 0 saturated carbocycles.